The van der Waals surface area contributed by atoms with E-state index in [4.69, 9.17) is 0 Å². The highest BCUT2D eigenvalue weighted by Gasteiger charge is 2.20. The number of carbonyl (C=O) groups is 1. The van der Waals surface area contributed by atoms with E-state index >= 15 is 0 Å². The van der Waals surface area contributed by atoms with Gasteiger partial charge in [-0.15, -0.1) is 5.10 Å². The van der Waals surface area contributed by atoms with Gasteiger partial charge in [0.1, 0.15) is 5.82 Å². The summed E-state index contributed by atoms with van der Waals surface area (Å²) >= 11 is 0. The van der Waals surface area contributed by atoms with E-state index in [1.165, 1.54) is 12.1 Å². The predicted molar refractivity (Wildman–Crippen MR) is 111 cm³/mol. The van der Waals surface area contributed by atoms with E-state index in [1.807, 2.05) is 62.4 Å². The summed E-state index contributed by atoms with van der Waals surface area (Å²) < 4.78 is 14.9. The number of amides is 1. The highest BCUT2D eigenvalue weighted by molar-refractivity contribution is 6.02. The minimum atomic E-state index is -0.402. The molecule has 5 nitrogen and oxygen atoms in total. The summed E-state index contributed by atoms with van der Waals surface area (Å²) in [5, 5.41) is 7.32. The lowest BCUT2D eigenvalue weighted by atomic mass is 10.1. The molecule has 0 unspecified atom stereocenters. The standard InChI is InChI=1S/C23H19FN4O/c1-15-7-6-8-16(2)20(15)25-23(29)21-26-22(17-9-4-3-5-10-17)28(27-21)19-13-11-18(24)12-14-19/h3-14H,1-2H3,(H,25,29). The maximum Gasteiger partial charge on any atom is 0.295 e. The minimum absolute atomic E-state index is 0.0378. The Morgan fingerprint density at radius 3 is 2.21 bits per heavy atom. The first kappa shape index (κ1) is 18.6. The number of hydrogen-bond acceptors (Lipinski definition) is 3. The van der Waals surface area contributed by atoms with Crippen molar-refractivity contribution in [1.29, 1.82) is 0 Å². The van der Waals surface area contributed by atoms with Crippen LogP contribution in [0.25, 0.3) is 17.1 Å². The van der Waals surface area contributed by atoms with Gasteiger partial charge in [-0.05, 0) is 49.2 Å². The van der Waals surface area contributed by atoms with Crippen LogP contribution >= 0.6 is 0 Å². The zero-order valence-electron chi connectivity index (χ0n) is 16.1. The number of nitrogens with zero attached hydrogens (tertiary/aromatic N) is 3. The molecule has 1 N–H and O–H groups in total. The van der Waals surface area contributed by atoms with Gasteiger partial charge >= 0.3 is 0 Å². The summed E-state index contributed by atoms with van der Waals surface area (Å²) in [6.07, 6.45) is 0. The molecular weight excluding hydrogens is 367 g/mol. The zero-order chi connectivity index (χ0) is 20.4. The minimum Gasteiger partial charge on any atom is -0.319 e. The molecule has 1 aromatic heterocycles. The Hall–Kier alpha value is -3.80. The molecule has 6 heteroatoms. The lowest BCUT2D eigenvalue weighted by Gasteiger charge is -2.09. The van der Waals surface area contributed by atoms with Crippen molar-refractivity contribution in [1.82, 2.24) is 14.8 Å². The van der Waals surface area contributed by atoms with Gasteiger partial charge in [0.15, 0.2) is 5.82 Å². The normalized spacial score (nSPS) is 10.7. The van der Waals surface area contributed by atoms with Gasteiger partial charge in [-0.25, -0.2) is 14.1 Å². The third-order valence-electron chi connectivity index (χ3n) is 4.63. The number of nitrogens with one attached hydrogen (secondary N) is 1. The largest absolute Gasteiger partial charge is 0.319 e. The van der Waals surface area contributed by atoms with Gasteiger partial charge in [0.05, 0.1) is 5.69 Å². The molecule has 0 aliphatic rings. The number of benzene rings is 3. The van der Waals surface area contributed by atoms with Gasteiger partial charge in [-0.2, -0.15) is 0 Å². The SMILES string of the molecule is Cc1cccc(C)c1NC(=O)c1nc(-c2ccccc2)n(-c2ccc(F)cc2)n1. The quantitative estimate of drug-likeness (QED) is 0.540. The van der Waals surface area contributed by atoms with Gasteiger partial charge in [0.2, 0.25) is 5.82 Å². The van der Waals surface area contributed by atoms with E-state index in [2.05, 4.69) is 15.4 Å². The third kappa shape index (κ3) is 3.78. The van der Waals surface area contributed by atoms with Crippen LogP contribution in [0, 0.1) is 19.7 Å². The van der Waals surface area contributed by atoms with Crippen LogP contribution in [-0.4, -0.2) is 20.7 Å². The summed E-state index contributed by atoms with van der Waals surface area (Å²) in [5.41, 5.74) is 4.08. The molecule has 1 amide bonds. The Bertz CT molecular complexity index is 1150. The smallest absolute Gasteiger partial charge is 0.295 e. The van der Waals surface area contributed by atoms with Crippen molar-refractivity contribution in [2.75, 3.05) is 5.32 Å². The average Bonchev–Trinajstić information content (AvgIpc) is 3.17. The van der Waals surface area contributed by atoms with Crippen LogP contribution in [0.4, 0.5) is 10.1 Å². The fourth-order valence-corrected chi connectivity index (χ4v) is 3.13. The second kappa shape index (κ2) is 7.67. The first-order chi connectivity index (χ1) is 14.0. The van der Waals surface area contributed by atoms with E-state index in [0.717, 1.165) is 22.4 Å². The van der Waals surface area contributed by atoms with Crippen LogP contribution in [0.3, 0.4) is 0 Å². The molecule has 0 saturated carbocycles. The molecule has 4 rings (SSSR count). The molecule has 0 spiro atoms. The topological polar surface area (TPSA) is 59.8 Å². The maximum atomic E-state index is 13.4. The lowest BCUT2D eigenvalue weighted by molar-refractivity contribution is 0.101. The second-order valence-corrected chi connectivity index (χ2v) is 6.73. The number of carbonyl (C=O) groups excluding carboxylic acids is 1. The van der Waals surface area contributed by atoms with Crippen LogP contribution in [0.15, 0.2) is 72.8 Å². The molecule has 29 heavy (non-hydrogen) atoms. The number of para-hydroxylation sites is 1. The first-order valence-corrected chi connectivity index (χ1v) is 9.19. The molecule has 0 saturated heterocycles. The summed E-state index contributed by atoms with van der Waals surface area (Å²) in [6, 6.07) is 21.1. The Morgan fingerprint density at radius 2 is 1.55 bits per heavy atom. The molecule has 144 valence electrons. The van der Waals surface area contributed by atoms with Crippen LogP contribution in [0.2, 0.25) is 0 Å². The van der Waals surface area contributed by atoms with E-state index in [0.29, 0.717) is 11.5 Å². The van der Waals surface area contributed by atoms with E-state index in [1.54, 1.807) is 16.8 Å². The van der Waals surface area contributed by atoms with Crippen LogP contribution < -0.4 is 5.32 Å². The van der Waals surface area contributed by atoms with Crippen molar-refractivity contribution in [3.8, 4) is 17.1 Å². The molecule has 0 aliphatic heterocycles. The molecule has 0 atom stereocenters. The van der Waals surface area contributed by atoms with Crippen molar-refractivity contribution in [2.24, 2.45) is 0 Å². The van der Waals surface area contributed by atoms with Gasteiger partial charge in [-0.1, -0.05) is 48.5 Å². The van der Waals surface area contributed by atoms with Crippen molar-refractivity contribution in [3.05, 3.63) is 95.6 Å². The van der Waals surface area contributed by atoms with E-state index in [-0.39, 0.29) is 11.6 Å². The molecule has 4 aromatic rings. The number of halogens is 1. The highest BCUT2D eigenvalue weighted by Crippen LogP contribution is 2.23. The van der Waals surface area contributed by atoms with Crippen molar-refractivity contribution < 1.29 is 9.18 Å². The fourth-order valence-electron chi connectivity index (χ4n) is 3.13. The summed E-state index contributed by atoms with van der Waals surface area (Å²) in [7, 11) is 0. The Morgan fingerprint density at radius 1 is 0.897 bits per heavy atom. The van der Waals surface area contributed by atoms with Crippen LogP contribution in [0.5, 0.6) is 0 Å². The number of rotatable bonds is 4. The van der Waals surface area contributed by atoms with Crippen molar-refractivity contribution in [2.45, 2.75) is 13.8 Å². The Kier molecular flexibility index (Phi) is 4.91. The molecule has 0 aliphatic carbocycles. The lowest BCUT2D eigenvalue weighted by Crippen LogP contribution is -2.16. The maximum absolute atomic E-state index is 13.4. The van der Waals surface area contributed by atoms with Crippen LogP contribution in [-0.2, 0) is 0 Å². The van der Waals surface area contributed by atoms with Crippen molar-refractivity contribution >= 4 is 11.6 Å². The van der Waals surface area contributed by atoms with Gasteiger partial charge in [-0.3, -0.25) is 4.79 Å². The average molecular weight is 386 g/mol. The summed E-state index contributed by atoms with van der Waals surface area (Å²) in [5.74, 6) is -0.205. The number of aryl methyl sites for hydroxylation is 2. The highest BCUT2D eigenvalue weighted by atomic mass is 19.1. The molecule has 3 aromatic carbocycles. The van der Waals surface area contributed by atoms with Crippen molar-refractivity contribution in [3.63, 3.8) is 0 Å². The molecule has 0 radical (unpaired) electrons. The number of anilines is 1. The van der Waals surface area contributed by atoms with E-state index in [9.17, 15) is 9.18 Å². The van der Waals surface area contributed by atoms with Gasteiger partial charge in [0.25, 0.3) is 5.91 Å². The summed E-state index contributed by atoms with van der Waals surface area (Å²) in [4.78, 5) is 17.4. The zero-order valence-corrected chi connectivity index (χ0v) is 16.1. The molecule has 1 heterocycles. The number of aromatic nitrogens is 3. The Balaban J connectivity index is 1.77. The van der Waals surface area contributed by atoms with Gasteiger partial charge < -0.3 is 5.32 Å². The number of hydrogen-bond donors (Lipinski definition) is 1. The predicted octanol–water partition coefficient (Wildman–Crippen LogP) is 4.94. The Labute approximate surface area is 167 Å². The third-order valence-corrected chi connectivity index (χ3v) is 4.63. The monoisotopic (exact) mass is 386 g/mol. The fraction of sp³-hybridized carbons (Fsp3) is 0.0870. The van der Waals surface area contributed by atoms with E-state index < -0.39 is 5.91 Å². The van der Waals surface area contributed by atoms with Crippen LogP contribution in [0.1, 0.15) is 21.7 Å². The second-order valence-electron chi connectivity index (χ2n) is 6.73. The molecular formula is C23H19FN4O. The molecule has 0 bridgehead atoms. The summed E-state index contributed by atoms with van der Waals surface area (Å²) in [6.45, 7) is 3.87. The molecule has 0 fully saturated rings. The van der Waals surface area contributed by atoms with Gasteiger partial charge in [0, 0.05) is 11.3 Å². The first-order valence-electron chi connectivity index (χ1n) is 9.19.